The molecule has 1 aromatic carbocycles. The van der Waals surface area contributed by atoms with Crippen LogP contribution in [0.5, 0.6) is 0 Å². The van der Waals surface area contributed by atoms with Gasteiger partial charge in [-0.15, -0.1) is 11.3 Å². The lowest BCUT2D eigenvalue weighted by molar-refractivity contribution is -0.147. The van der Waals surface area contributed by atoms with Gasteiger partial charge in [0.05, 0.1) is 16.1 Å². The molecule has 0 saturated carbocycles. The minimum Gasteiger partial charge on any atom is -0.444 e. The summed E-state index contributed by atoms with van der Waals surface area (Å²) in [6.07, 6.45) is 0.533. The third-order valence-corrected chi connectivity index (χ3v) is 8.08. The van der Waals surface area contributed by atoms with Gasteiger partial charge in [-0.3, -0.25) is 14.4 Å². The Kier molecular flexibility index (Phi) is 10.4. The fourth-order valence-electron chi connectivity index (χ4n) is 4.87. The Labute approximate surface area is 253 Å². The summed E-state index contributed by atoms with van der Waals surface area (Å²) in [6.45, 7) is 15.1. The zero-order chi connectivity index (χ0) is 31.4. The lowest BCUT2D eigenvalue weighted by Crippen LogP contribution is -2.60. The number of hydrogen-bond donors (Lipinski definition) is 2. The van der Waals surface area contributed by atoms with Crippen LogP contribution in [-0.4, -0.2) is 75.9 Å². The molecule has 11 heteroatoms. The number of ether oxygens (including phenoxy) is 1. The van der Waals surface area contributed by atoms with Crippen LogP contribution in [0.4, 0.5) is 4.79 Å². The van der Waals surface area contributed by atoms with E-state index in [1.807, 2.05) is 57.5 Å². The van der Waals surface area contributed by atoms with E-state index < -0.39 is 41.1 Å². The number of rotatable bonds is 8. The van der Waals surface area contributed by atoms with Gasteiger partial charge < -0.3 is 25.2 Å². The van der Waals surface area contributed by atoms with Crippen molar-refractivity contribution in [2.45, 2.75) is 98.5 Å². The molecular weight excluding hydrogens is 554 g/mol. The first-order valence-corrected chi connectivity index (χ1v) is 15.2. The number of aromatic nitrogens is 1. The summed E-state index contributed by atoms with van der Waals surface area (Å²) in [5.74, 6) is -0.957. The third-order valence-electron chi connectivity index (χ3n) is 7.10. The molecule has 1 saturated heterocycles. The lowest BCUT2D eigenvalue weighted by atomic mass is 9.85. The molecule has 2 aromatic rings. The molecule has 2 N–H and O–H groups in total. The third kappa shape index (κ3) is 8.53. The number of amides is 4. The van der Waals surface area contributed by atoms with Crippen LogP contribution in [0, 0.1) is 12.3 Å². The second-order valence-electron chi connectivity index (χ2n) is 13.0. The average molecular weight is 600 g/mol. The normalized spacial score (nSPS) is 16.9. The summed E-state index contributed by atoms with van der Waals surface area (Å²) in [5.41, 5.74) is 3.55. The number of thiazole rings is 1. The maximum atomic E-state index is 13.9. The van der Waals surface area contributed by atoms with Gasteiger partial charge in [-0.05, 0) is 64.0 Å². The van der Waals surface area contributed by atoms with Gasteiger partial charge in [0.25, 0.3) is 0 Å². The van der Waals surface area contributed by atoms with Crippen LogP contribution >= 0.6 is 11.3 Å². The maximum absolute atomic E-state index is 13.9. The molecule has 42 heavy (non-hydrogen) atoms. The minimum absolute atomic E-state index is 0.137. The van der Waals surface area contributed by atoms with Gasteiger partial charge >= 0.3 is 6.09 Å². The molecule has 1 fully saturated rings. The average Bonchev–Trinajstić information content (AvgIpc) is 3.54. The first kappa shape index (κ1) is 33.0. The molecule has 4 amide bonds. The lowest BCUT2D eigenvalue weighted by Gasteiger charge is -2.36. The van der Waals surface area contributed by atoms with E-state index in [0.717, 1.165) is 21.7 Å². The highest BCUT2D eigenvalue weighted by Crippen LogP contribution is 2.29. The van der Waals surface area contributed by atoms with E-state index in [1.54, 1.807) is 49.0 Å². The summed E-state index contributed by atoms with van der Waals surface area (Å²) in [6, 6.07) is 5.66. The van der Waals surface area contributed by atoms with Gasteiger partial charge in [0, 0.05) is 20.1 Å². The Balaban J connectivity index is 1.67. The number of alkyl carbamates (subject to hydrolysis) is 1. The Morgan fingerprint density at radius 1 is 1.10 bits per heavy atom. The van der Waals surface area contributed by atoms with Crippen molar-refractivity contribution in [1.82, 2.24) is 25.4 Å². The molecule has 3 rings (SSSR count). The van der Waals surface area contributed by atoms with Crippen molar-refractivity contribution < 1.29 is 23.9 Å². The Morgan fingerprint density at radius 3 is 2.29 bits per heavy atom. The summed E-state index contributed by atoms with van der Waals surface area (Å²) >= 11 is 1.60. The van der Waals surface area contributed by atoms with E-state index in [9.17, 15) is 19.2 Å². The molecule has 10 nitrogen and oxygen atoms in total. The number of likely N-dealkylation sites (N-methyl/N-ethyl adjacent to an activating group) is 1. The van der Waals surface area contributed by atoms with E-state index >= 15 is 0 Å². The fraction of sp³-hybridized carbons (Fsp3) is 0.581. The number of carbonyl (C=O) groups excluding carboxylic acids is 4. The van der Waals surface area contributed by atoms with Crippen LogP contribution in [0.15, 0.2) is 29.8 Å². The van der Waals surface area contributed by atoms with Crippen molar-refractivity contribution in [2.75, 3.05) is 13.6 Å². The number of hydrogen-bond acceptors (Lipinski definition) is 7. The van der Waals surface area contributed by atoms with Crippen molar-refractivity contribution in [2.24, 2.45) is 5.41 Å². The van der Waals surface area contributed by atoms with Crippen molar-refractivity contribution >= 4 is 35.2 Å². The largest absolute Gasteiger partial charge is 0.444 e. The Hall–Kier alpha value is -3.47. The van der Waals surface area contributed by atoms with Gasteiger partial charge in [-0.2, -0.15) is 0 Å². The molecule has 1 unspecified atom stereocenters. The summed E-state index contributed by atoms with van der Waals surface area (Å²) in [7, 11) is 1.75. The predicted octanol–water partition coefficient (Wildman–Crippen LogP) is 4.51. The second kappa shape index (κ2) is 13.2. The van der Waals surface area contributed by atoms with Crippen molar-refractivity contribution in [3.05, 3.63) is 41.0 Å². The molecule has 1 aliphatic rings. The number of benzene rings is 1. The molecule has 0 bridgehead atoms. The quantitative estimate of drug-likeness (QED) is 0.461. The van der Waals surface area contributed by atoms with Crippen LogP contribution in [0.1, 0.15) is 72.6 Å². The standard InChI is InChI=1S/C31H45N5O5S/c1-19-24(42-18-32-19)22-14-12-21(13-15-22)17-35(9)27(38)23-11-10-16-36(23)28(39)25(30(3,4)5)34-26(37)20(2)33-29(40)41-31(6,7)8/h12-15,18,20,23,25H,10-11,16-17H2,1-9H3,(H,33,40)(H,34,37)/t20-,23-,25?/m0/s1. The molecule has 0 radical (unpaired) electrons. The van der Waals surface area contributed by atoms with Crippen molar-refractivity contribution in [3.63, 3.8) is 0 Å². The molecular formula is C31H45N5O5S. The van der Waals surface area contributed by atoms with Gasteiger partial charge in [0.15, 0.2) is 0 Å². The summed E-state index contributed by atoms with van der Waals surface area (Å²) in [5, 5.41) is 5.34. The highest BCUT2D eigenvalue weighted by Gasteiger charge is 2.43. The molecule has 1 aromatic heterocycles. The van der Waals surface area contributed by atoms with E-state index in [0.29, 0.717) is 25.9 Å². The molecule has 2 heterocycles. The van der Waals surface area contributed by atoms with Crippen molar-refractivity contribution in [1.29, 1.82) is 0 Å². The van der Waals surface area contributed by atoms with E-state index in [1.165, 1.54) is 6.92 Å². The van der Waals surface area contributed by atoms with Gasteiger partial charge in [-0.1, -0.05) is 45.0 Å². The molecule has 1 aliphatic heterocycles. The maximum Gasteiger partial charge on any atom is 0.408 e. The topological polar surface area (TPSA) is 121 Å². The van der Waals surface area contributed by atoms with Gasteiger partial charge in [0.2, 0.25) is 17.7 Å². The van der Waals surface area contributed by atoms with Crippen LogP contribution in [0.3, 0.4) is 0 Å². The van der Waals surface area contributed by atoms with Crippen LogP contribution in [0.2, 0.25) is 0 Å². The molecule has 0 spiro atoms. The first-order chi connectivity index (χ1) is 19.5. The number of nitrogens with one attached hydrogen (secondary N) is 2. The highest BCUT2D eigenvalue weighted by atomic mass is 32.1. The Morgan fingerprint density at radius 2 is 1.74 bits per heavy atom. The zero-order valence-corrected chi connectivity index (χ0v) is 27.1. The minimum atomic E-state index is -0.925. The number of aryl methyl sites for hydroxylation is 1. The first-order valence-electron chi connectivity index (χ1n) is 14.3. The van der Waals surface area contributed by atoms with E-state index in [2.05, 4.69) is 15.6 Å². The van der Waals surface area contributed by atoms with E-state index in [4.69, 9.17) is 4.74 Å². The SMILES string of the molecule is Cc1ncsc1-c1ccc(CN(C)C(=O)[C@@H]2CCCN2C(=O)C(NC(=O)[C@H](C)NC(=O)OC(C)(C)C)C(C)(C)C)cc1. The van der Waals surface area contributed by atoms with Crippen LogP contribution in [0.25, 0.3) is 10.4 Å². The second-order valence-corrected chi connectivity index (χ2v) is 13.9. The monoisotopic (exact) mass is 599 g/mol. The van der Waals surface area contributed by atoms with Crippen molar-refractivity contribution in [3.8, 4) is 10.4 Å². The molecule has 0 aliphatic carbocycles. The number of nitrogens with zero attached hydrogens (tertiary/aromatic N) is 3. The van der Waals surface area contributed by atoms with Crippen LogP contribution in [-0.2, 0) is 25.7 Å². The van der Waals surface area contributed by atoms with Gasteiger partial charge in [-0.25, -0.2) is 9.78 Å². The summed E-state index contributed by atoms with van der Waals surface area (Å²) < 4.78 is 5.24. The molecule has 3 atom stereocenters. The molecule has 230 valence electrons. The van der Waals surface area contributed by atoms with E-state index in [-0.39, 0.29) is 11.8 Å². The smallest absolute Gasteiger partial charge is 0.408 e. The number of carbonyl (C=O) groups is 4. The number of likely N-dealkylation sites (tertiary alicyclic amines) is 1. The van der Waals surface area contributed by atoms with Crippen LogP contribution < -0.4 is 10.6 Å². The fourth-order valence-corrected chi connectivity index (χ4v) is 5.68. The summed E-state index contributed by atoms with van der Waals surface area (Å²) in [4.78, 5) is 61.3. The van der Waals surface area contributed by atoms with Gasteiger partial charge in [0.1, 0.15) is 23.7 Å². The Bertz CT molecular complexity index is 1280. The predicted molar refractivity (Wildman–Crippen MR) is 164 cm³/mol. The zero-order valence-electron chi connectivity index (χ0n) is 26.2. The highest BCUT2D eigenvalue weighted by molar-refractivity contribution is 7.13.